The van der Waals surface area contributed by atoms with Crippen LogP contribution in [0.25, 0.3) is 0 Å². The summed E-state index contributed by atoms with van der Waals surface area (Å²) in [6.07, 6.45) is 1.61. The average Bonchev–Trinajstić information content (AvgIpc) is 2.76. The second-order valence-electron chi connectivity index (χ2n) is 3.87. The number of aryl methyl sites for hydroxylation is 1. The number of amidine groups is 1. The van der Waals surface area contributed by atoms with E-state index < -0.39 is 0 Å². The maximum absolute atomic E-state index is 8.74. The van der Waals surface area contributed by atoms with E-state index in [-0.39, 0.29) is 5.84 Å². The van der Waals surface area contributed by atoms with Crippen molar-refractivity contribution in [3.05, 3.63) is 35.4 Å². The highest BCUT2D eigenvalue weighted by atomic mass is 32.2. The zero-order valence-electron chi connectivity index (χ0n) is 10.6. The Kier molecular flexibility index (Phi) is 4.00. The summed E-state index contributed by atoms with van der Waals surface area (Å²) in [6.45, 7) is 1.89. The molecule has 0 fully saturated rings. The number of pyridine rings is 1. The molecule has 0 aliphatic heterocycles. The van der Waals surface area contributed by atoms with Gasteiger partial charge in [-0.1, -0.05) is 23.0 Å². The number of nitrogens with zero attached hydrogens (tertiary/aromatic N) is 5. The second-order valence-corrected chi connectivity index (χ2v) is 4.82. The van der Waals surface area contributed by atoms with Gasteiger partial charge in [-0.05, 0) is 18.6 Å². The minimum atomic E-state index is 0.00495. The van der Waals surface area contributed by atoms with Crippen LogP contribution in [0.2, 0.25) is 0 Å². The fraction of sp³-hybridized carbons (Fsp3) is 0.273. The lowest BCUT2D eigenvalue weighted by Gasteiger charge is -2.06. The van der Waals surface area contributed by atoms with Gasteiger partial charge < -0.3 is 15.5 Å². The van der Waals surface area contributed by atoms with Gasteiger partial charge in [0.05, 0.1) is 0 Å². The molecule has 0 aliphatic carbocycles. The maximum atomic E-state index is 8.74. The molecule has 0 unspecified atom stereocenters. The molecule has 3 N–H and O–H groups in total. The van der Waals surface area contributed by atoms with Gasteiger partial charge in [0.25, 0.3) is 0 Å². The average molecular weight is 278 g/mol. The minimum Gasteiger partial charge on any atom is -0.409 e. The van der Waals surface area contributed by atoms with Crippen molar-refractivity contribution in [2.24, 2.45) is 17.9 Å². The van der Waals surface area contributed by atoms with E-state index in [1.807, 2.05) is 30.7 Å². The predicted octanol–water partition coefficient (Wildman–Crippen LogP) is 0.905. The highest BCUT2D eigenvalue weighted by Crippen LogP contribution is 2.22. The summed E-state index contributed by atoms with van der Waals surface area (Å²) < 4.78 is 1.91. The standard InChI is InChI=1S/C11H14N6OS/c1-7-14-15-11(17(7)2)19-6-8-4-3-5-13-9(8)10(12)16-18/h3-5,18H,6H2,1-2H3,(H2,12,16). The highest BCUT2D eigenvalue weighted by molar-refractivity contribution is 7.98. The quantitative estimate of drug-likeness (QED) is 0.283. The van der Waals surface area contributed by atoms with Crippen LogP contribution in [0, 0.1) is 6.92 Å². The number of hydrogen-bond donors (Lipinski definition) is 2. The normalized spacial score (nSPS) is 11.8. The van der Waals surface area contributed by atoms with Crippen LogP contribution in [0.4, 0.5) is 0 Å². The van der Waals surface area contributed by atoms with Crippen molar-refractivity contribution in [2.75, 3.05) is 0 Å². The summed E-state index contributed by atoms with van der Waals surface area (Å²) in [5.41, 5.74) is 6.95. The third kappa shape index (κ3) is 2.84. The van der Waals surface area contributed by atoms with Crippen molar-refractivity contribution in [1.29, 1.82) is 0 Å². The summed E-state index contributed by atoms with van der Waals surface area (Å²) in [6, 6.07) is 3.70. The van der Waals surface area contributed by atoms with Crippen LogP contribution >= 0.6 is 11.8 Å². The molecule has 0 atom stereocenters. The molecule has 0 aromatic carbocycles. The fourth-order valence-corrected chi connectivity index (χ4v) is 2.43. The van der Waals surface area contributed by atoms with Crippen molar-refractivity contribution < 1.29 is 5.21 Å². The molecule has 0 saturated heterocycles. The molecule has 2 aromatic heterocycles. The summed E-state index contributed by atoms with van der Waals surface area (Å²) >= 11 is 1.52. The Morgan fingerprint density at radius 1 is 1.53 bits per heavy atom. The molecule has 2 heterocycles. The molecule has 0 radical (unpaired) electrons. The van der Waals surface area contributed by atoms with Crippen molar-refractivity contribution in [3.63, 3.8) is 0 Å². The number of oxime groups is 1. The zero-order chi connectivity index (χ0) is 13.8. The SMILES string of the molecule is Cc1nnc(SCc2cccnc2C(N)=NO)n1C. The highest BCUT2D eigenvalue weighted by Gasteiger charge is 2.11. The molecule has 8 heteroatoms. The largest absolute Gasteiger partial charge is 0.409 e. The van der Waals surface area contributed by atoms with E-state index in [2.05, 4.69) is 20.3 Å². The number of thioether (sulfide) groups is 1. The van der Waals surface area contributed by atoms with Crippen molar-refractivity contribution in [1.82, 2.24) is 19.7 Å². The summed E-state index contributed by atoms with van der Waals surface area (Å²) in [7, 11) is 1.91. The Hall–Kier alpha value is -2.09. The first kappa shape index (κ1) is 13.3. The number of rotatable bonds is 4. The molecule has 19 heavy (non-hydrogen) atoms. The Labute approximate surface area is 114 Å². The van der Waals surface area contributed by atoms with Gasteiger partial charge in [0.15, 0.2) is 11.0 Å². The molecular formula is C11H14N6OS. The van der Waals surface area contributed by atoms with E-state index in [0.717, 1.165) is 16.5 Å². The van der Waals surface area contributed by atoms with Crippen LogP contribution in [-0.2, 0) is 12.8 Å². The smallest absolute Gasteiger partial charge is 0.191 e. The van der Waals surface area contributed by atoms with Crippen molar-refractivity contribution >= 4 is 17.6 Å². The molecule has 0 amide bonds. The Bertz CT molecular complexity index is 609. The van der Waals surface area contributed by atoms with E-state index in [4.69, 9.17) is 10.9 Å². The molecule has 0 spiro atoms. The van der Waals surface area contributed by atoms with E-state index >= 15 is 0 Å². The summed E-state index contributed by atoms with van der Waals surface area (Å²) in [5.74, 6) is 1.47. The minimum absolute atomic E-state index is 0.00495. The Morgan fingerprint density at radius 3 is 2.95 bits per heavy atom. The van der Waals surface area contributed by atoms with E-state index in [9.17, 15) is 0 Å². The van der Waals surface area contributed by atoms with E-state index in [1.54, 1.807) is 6.20 Å². The molecule has 100 valence electrons. The first-order valence-corrected chi connectivity index (χ1v) is 6.52. The van der Waals surface area contributed by atoms with Crippen molar-refractivity contribution in [2.45, 2.75) is 17.8 Å². The van der Waals surface area contributed by atoms with Gasteiger partial charge >= 0.3 is 0 Å². The van der Waals surface area contributed by atoms with E-state index in [0.29, 0.717) is 11.4 Å². The number of hydrogen-bond acceptors (Lipinski definition) is 6. The lowest BCUT2D eigenvalue weighted by Crippen LogP contribution is -2.17. The van der Waals surface area contributed by atoms with Crippen LogP contribution in [0.1, 0.15) is 17.1 Å². The molecule has 2 aromatic rings. The second kappa shape index (κ2) is 5.70. The first-order chi connectivity index (χ1) is 9.13. The summed E-state index contributed by atoms with van der Waals surface area (Å²) in [4.78, 5) is 4.12. The van der Waals surface area contributed by atoms with Gasteiger partial charge in [0, 0.05) is 19.0 Å². The van der Waals surface area contributed by atoms with Gasteiger partial charge in [0.2, 0.25) is 0 Å². The van der Waals surface area contributed by atoms with Crippen LogP contribution < -0.4 is 5.73 Å². The predicted molar refractivity (Wildman–Crippen MR) is 72.0 cm³/mol. The van der Waals surface area contributed by atoms with Crippen molar-refractivity contribution in [3.8, 4) is 0 Å². The van der Waals surface area contributed by atoms with Gasteiger partial charge in [-0.3, -0.25) is 4.98 Å². The third-order valence-electron chi connectivity index (χ3n) is 2.65. The third-order valence-corrected chi connectivity index (χ3v) is 3.72. The zero-order valence-corrected chi connectivity index (χ0v) is 11.4. The molecule has 0 bridgehead atoms. The van der Waals surface area contributed by atoms with Crippen LogP contribution in [0.5, 0.6) is 0 Å². The first-order valence-electron chi connectivity index (χ1n) is 5.54. The van der Waals surface area contributed by atoms with Gasteiger partial charge in [-0.2, -0.15) is 0 Å². The number of aromatic nitrogens is 4. The van der Waals surface area contributed by atoms with Gasteiger partial charge in [0.1, 0.15) is 11.5 Å². The lowest BCUT2D eigenvalue weighted by molar-refractivity contribution is 0.318. The molecule has 0 saturated carbocycles. The summed E-state index contributed by atoms with van der Waals surface area (Å²) in [5, 5.41) is 20.6. The molecule has 0 aliphatic rings. The fourth-order valence-electron chi connectivity index (χ4n) is 1.49. The lowest BCUT2D eigenvalue weighted by atomic mass is 10.2. The van der Waals surface area contributed by atoms with E-state index in [1.165, 1.54) is 11.8 Å². The molecule has 2 rings (SSSR count). The van der Waals surface area contributed by atoms with Crippen LogP contribution in [0.3, 0.4) is 0 Å². The van der Waals surface area contributed by atoms with Crippen LogP contribution in [0.15, 0.2) is 28.6 Å². The molecular weight excluding hydrogens is 264 g/mol. The monoisotopic (exact) mass is 278 g/mol. The molecule has 7 nitrogen and oxygen atoms in total. The topological polar surface area (TPSA) is 102 Å². The number of nitrogens with two attached hydrogens (primary N) is 1. The Balaban J connectivity index is 2.18. The van der Waals surface area contributed by atoms with Gasteiger partial charge in [-0.15, -0.1) is 10.2 Å². The van der Waals surface area contributed by atoms with Gasteiger partial charge in [-0.25, -0.2) is 0 Å². The Morgan fingerprint density at radius 2 is 2.32 bits per heavy atom. The maximum Gasteiger partial charge on any atom is 0.191 e. The van der Waals surface area contributed by atoms with Crippen LogP contribution in [-0.4, -0.2) is 30.8 Å².